The Kier molecular flexibility index (Phi) is 3.23. The van der Waals surface area contributed by atoms with Crippen molar-refractivity contribution in [2.75, 3.05) is 13.1 Å². The first-order valence-electron chi connectivity index (χ1n) is 10.2. The van der Waals surface area contributed by atoms with Gasteiger partial charge < -0.3 is 15.0 Å². The van der Waals surface area contributed by atoms with Crippen LogP contribution in [-0.2, 0) is 12.0 Å². The van der Waals surface area contributed by atoms with Crippen LogP contribution in [0.2, 0.25) is 0 Å². The van der Waals surface area contributed by atoms with Crippen molar-refractivity contribution in [3.63, 3.8) is 0 Å². The van der Waals surface area contributed by atoms with E-state index in [9.17, 15) is 9.90 Å². The number of aromatic amines is 1. The molecule has 7 heteroatoms. The van der Waals surface area contributed by atoms with Crippen LogP contribution in [0.3, 0.4) is 0 Å². The Hall–Kier alpha value is -2.83. The van der Waals surface area contributed by atoms with Crippen molar-refractivity contribution >= 4 is 17.1 Å². The lowest BCUT2D eigenvalue weighted by atomic mass is 9.80. The van der Waals surface area contributed by atoms with E-state index in [1.54, 1.807) is 4.90 Å². The van der Waals surface area contributed by atoms with E-state index in [2.05, 4.69) is 33.0 Å². The molecule has 144 valence electrons. The summed E-state index contributed by atoms with van der Waals surface area (Å²) >= 11 is 0. The Morgan fingerprint density at radius 3 is 2.86 bits per heavy atom. The average Bonchev–Trinajstić information content (AvgIpc) is 3.40. The minimum atomic E-state index is -0.819. The summed E-state index contributed by atoms with van der Waals surface area (Å²) in [5.41, 5.74) is 5.41. The Labute approximate surface area is 162 Å². The summed E-state index contributed by atoms with van der Waals surface area (Å²) in [4.78, 5) is 20.9. The van der Waals surface area contributed by atoms with E-state index in [4.69, 9.17) is 5.10 Å². The standard InChI is InChI=1S/C21H23N5O2/c27-20(28)25-6-4-21(12-25)5-7-26-18(21)9-17(24-26)14-8-15-16(13-2-1-3-13)11-23-19(15)22-10-14/h8-11,13H,1-7,12H2,(H,22,23)(H,27,28). The highest BCUT2D eigenvalue weighted by atomic mass is 16.4. The van der Waals surface area contributed by atoms with Crippen LogP contribution in [0.4, 0.5) is 4.79 Å². The van der Waals surface area contributed by atoms with Gasteiger partial charge in [0.25, 0.3) is 0 Å². The van der Waals surface area contributed by atoms with Gasteiger partial charge in [-0.15, -0.1) is 0 Å². The number of fused-ring (bicyclic) bond motifs is 3. The zero-order valence-corrected chi connectivity index (χ0v) is 15.7. The highest BCUT2D eigenvalue weighted by Crippen LogP contribution is 2.44. The number of likely N-dealkylation sites (tertiary alicyclic amines) is 1. The van der Waals surface area contributed by atoms with E-state index in [0.29, 0.717) is 19.0 Å². The summed E-state index contributed by atoms with van der Waals surface area (Å²) in [7, 11) is 0. The third kappa shape index (κ3) is 2.19. The Morgan fingerprint density at radius 2 is 2.11 bits per heavy atom. The molecule has 1 spiro atoms. The number of hydrogen-bond donors (Lipinski definition) is 2. The highest BCUT2D eigenvalue weighted by Gasteiger charge is 2.47. The molecule has 2 fully saturated rings. The van der Waals surface area contributed by atoms with E-state index < -0.39 is 6.09 Å². The molecule has 1 aliphatic carbocycles. The van der Waals surface area contributed by atoms with E-state index in [-0.39, 0.29) is 5.41 Å². The lowest BCUT2D eigenvalue weighted by Gasteiger charge is -2.24. The molecule has 1 amide bonds. The molecule has 6 rings (SSSR count). The molecule has 0 aromatic carbocycles. The van der Waals surface area contributed by atoms with Crippen molar-refractivity contribution in [1.29, 1.82) is 0 Å². The first-order chi connectivity index (χ1) is 13.6. The van der Waals surface area contributed by atoms with Gasteiger partial charge in [-0.1, -0.05) is 6.42 Å². The fraction of sp³-hybridized carbons (Fsp3) is 0.476. The highest BCUT2D eigenvalue weighted by molar-refractivity contribution is 5.84. The van der Waals surface area contributed by atoms with E-state index in [1.165, 1.54) is 35.9 Å². The van der Waals surface area contributed by atoms with E-state index >= 15 is 0 Å². The lowest BCUT2D eigenvalue weighted by Crippen LogP contribution is -2.32. The number of aromatic nitrogens is 4. The number of nitrogens with one attached hydrogen (secondary N) is 1. The van der Waals surface area contributed by atoms with E-state index in [0.717, 1.165) is 36.3 Å². The minimum absolute atomic E-state index is 0.0770. The second-order valence-electron chi connectivity index (χ2n) is 8.61. The van der Waals surface area contributed by atoms with Crippen LogP contribution in [0.15, 0.2) is 24.5 Å². The monoisotopic (exact) mass is 377 g/mol. The molecule has 1 unspecified atom stereocenters. The number of pyridine rings is 1. The first kappa shape index (κ1) is 16.2. The van der Waals surface area contributed by atoms with Gasteiger partial charge in [0.2, 0.25) is 0 Å². The van der Waals surface area contributed by atoms with Gasteiger partial charge in [-0.3, -0.25) is 4.68 Å². The van der Waals surface area contributed by atoms with Gasteiger partial charge in [0, 0.05) is 54.1 Å². The van der Waals surface area contributed by atoms with Crippen LogP contribution in [0.25, 0.3) is 22.3 Å². The summed E-state index contributed by atoms with van der Waals surface area (Å²) in [6.07, 6.45) is 8.88. The second-order valence-corrected chi connectivity index (χ2v) is 8.61. The van der Waals surface area contributed by atoms with Gasteiger partial charge in [0.15, 0.2) is 0 Å². The van der Waals surface area contributed by atoms with Crippen LogP contribution >= 0.6 is 0 Å². The summed E-state index contributed by atoms with van der Waals surface area (Å²) in [6.45, 7) is 2.04. The molecule has 7 nitrogen and oxygen atoms in total. The number of carbonyl (C=O) groups is 1. The summed E-state index contributed by atoms with van der Waals surface area (Å²) < 4.78 is 2.08. The number of H-pyrrole nitrogens is 1. The number of amides is 1. The summed E-state index contributed by atoms with van der Waals surface area (Å²) in [5, 5.41) is 15.4. The number of carboxylic acid groups (broad SMARTS) is 1. The van der Waals surface area contributed by atoms with Crippen LogP contribution < -0.4 is 0 Å². The number of rotatable bonds is 2. The molecule has 0 radical (unpaired) electrons. The largest absolute Gasteiger partial charge is 0.465 e. The van der Waals surface area contributed by atoms with Crippen molar-refractivity contribution < 1.29 is 9.90 Å². The number of hydrogen-bond acceptors (Lipinski definition) is 3. The average molecular weight is 377 g/mol. The molecular formula is C21H23N5O2. The summed E-state index contributed by atoms with van der Waals surface area (Å²) in [5.74, 6) is 0.654. The topological polar surface area (TPSA) is 87.0 Å². The molecule has 3 aliphatic rings. The molecule has 3 aromatic rings. The van der Waals surface area contributed by atoms with Crippen molar-refractivity contribution in [1.82, 2.24) is 24.6 Å². The predicted octanol–water partition coefficient (Wildman–Crippen LogP) is 3.72. The molecule has 28 heavy (non-hydrogen) atoms. The number of nitrogens with zero attached hydrogens (tertiary/aromatic N) is 4. The normalized spacial score (nSPS) is 24.2. The van der Waals surface area contributed by atoms with Crippen LogP contribution in [0, 0.1) is 0 Å². The Balaban J connectivity index is 1.38. The van der Waals surface area contributed by atoms with Crippen molar-refractivity contribution in [3.05, 3.63) is 35.8 Å². The zero-order chi connectivity index (χ0) is 18.9. The SMILES string of the molecule is O=C(O)N1CCC2(CCn3nc(-c4cnc5[nH]cc(C6CCC6)c5c4)cc32)C1. The quantitative estimate of drug-likeness (QED) is 0.713. The molecular weight excluding hydrogens is 354 g/mol. The van der Waals surface area contributed by atoms with Gasteiger partial charge >= 0.3 is 6.09 Å². The van der Waals surface area contributed by atoms with Gasteiger partial charge in [0.1, 0.15) is 5.65 Å². The van der Waals surface area contributed by atoms with Crippen molar-refractivity contribution in [3.8, 4) is 11.3 Å². The van der Waals surface area contributed by atoms with E-state index in [1.807, 2.05) is 6.20 Å². The fourth-order valence-electron chi connectivity index (χ4n) is 5.27. The van der Waals surface area contributed by atoms with Crippen molar-refractivity contribution in [2.45, 2.75) is 50.0 Å². The Morgan fingerprint density at radius 1 is 1.25 bits per heavy atom. The van der Waals surface area contributed by atoms with Gasteiger partial charge in [0.05, 0.1) is 5.69 Å². The predicted molar refractivity (Wildman–Crippen MR) is 104 cm³/mol. The third-order valence-corrected chi connectivity index (χ3v) is 7.15. The van der Waals surface area contributed by atoms with Gasteiger partial charge in [-0.25, -0.2) is 9.78 Å². The van der Waals surface area contributed by atoms with Crippen LogP contribution in [0.5, 0.6) is 0 Å². The number of aryl methyl sites for hydroxylation is 1. The molecule has 2 N–H and O–H groups in total. The molecule has 3 aromatic heterocycles. The van der Waals surface area contributed by atoms with Crippen LogP contribution in [0.1, 0.15) is 49.3 Å². The first-order valence-corrected chi connectivity index (χ1v) is 10.2. The maximum Gasteiger partial charge on any atom is 0.407 e. The van der Waals surface area contributed by atoms with Gasteiger partial charge in [-0.05, 0) is 49.3 Å². The van der Waals surface area contributed by atoms with Crippen molar-refractivity contribution in [2.24, 2.45) is 0 Å². The molecule has 2 aliphatic heterocycles. The molecule has 5 heterocycles. The Bertz CT molecular complexity index is 1100. The minimum Gasteiger partial charge on any atom is -0.465 e. The third-order valence-electron chi connectivity index (χ3n) is 7.15. The second kappa shape index (κ2) is 5.59. The smallest absolute Gasteiger partial charge is 0.407 e. The summed E-state index contributed by atoms with van der Waals surface area (Å²) in [6, 6.07) is 4.38. The molecule has 1 saturated heterocycles. The fourth-order valence-corrected chi connectivity index (χ4v) is 5.27. The molecule has 0 bridgehead atoms. The molecule has 1 atom stereocenters. The molecule has 1 saturated carbocycles. The van der Waals surface area contributed by atoms with Gasteiger partial charge in [-0.2, -0.15) is 5.10 Å². The lowest BCUT2D eigenvalue weighted by molar-refractivity contribution is 0.153. The maximum absolute atomic E-state index is 11.4. The maximum atomic E-state index is 11.4. The zero-order valence-electron chi connectivity index (χ0n) is 15.7. The van der Waals surface area contributed by atoms with Crippen LogP contribution in [-0.4, -0.2) is 48.9 Å².